The molecule has 1 amide bonds. The number of benzene rings is 1. The van der Waals surface area contributed by atoms with Gasteiger partial charge in [-0.1, -0.05) is 0 Å². The zero-order chi connectivity index (χ0) is 12.8. The summed E-state index contributed by atoms with van der Waals surface area (Å²) in [5.74, 6) is -0.279. The highest BCUT2D eigenvalue weighted by Crippen LogP contribution is 2.35. The first kappa shape index (κ1) is 11.0. The van der Waals surface area contributed by atoms with E-state index in [0.717, 1.165) is 18.4 Å². The Morgan fingerprint density at radius 3 is 3.00 bits per heavy atom. The van der Waals surface area contributed by atoms with Crippen molar-refractivity contribution >= 4 is 22.5 Å². The summed E-state index contributed by atoms with van der Waals surface area (Å²) in [6.45, 7) is -0.0385. The van der Waals surface area contributed by atoms with E-state index in [4.69, 9.17) is 5.73 Å². The van der Waals surface area contributed by atoms with Gasteiger partial charge in [-0.15, -0.1) is 0 Å². The molecule has 0 spiro atoms. The lowest BCUT2D eigenvalue weighted by atomic mass is 10.1. The van der Waals surface area contributed by atoms with Gasteiger partial charge in [-0.2, -0.15) is 5.10 Å². The van der Waals surface area contributed by atoms with Gasteiger partial charge in [-0.3, -0.25) is 9.89 Å². The van der Waals surface area contributed by atoms with Gasteiger partial charge in [0.25, 0.3) is 5.91 Å². The molecule has 94 valence electrons. The van der Waals surface area contributed by atoms with Crippen LogP contribution in [0.4, 0.5) is 5.69 Å². The topological polar surface area (TPSA) is 104 Å². The van der Waals surface area contributed by atoms with E-state index in [1.54, 1.807) is 18.2 Å². The number of aromatic nitrogens is 2. The Balaban J connectivity index is 1.94. The van der Waals surface area contributed by atoms with Crippen molar-refractivity contribution in [1.29, 1.82) is 0 Å². The minimum absolute atomic E-state index is 0.0385. The highest BCUT2D eigenvalue weighted by atomic mass is 16.3. The smallest absolute Gasteiger partial charge is 0.272 e. The molecule has 1 aliphatic carbocycles. The molecule has 0 radical (unpaired) electrons. The van der Waals surface area contributed by atoms with Crippen molar-refractivity contribution in [2.45, 2.75) is 18.4 Å². The summed E-state index contributed by atoms with van der Waals surface area (Å²) in [5, 5.41) is 19.5. The van der Waals surface area contributed by atoms with Crippen molar-refractivity contribution < 1.29 is 9.90 Å². The fourth-order valence-corrected chi connectivity index (χ4v) is 1.98. The number of carbonyl (C=O) groups is 1. The highest BCUT2D eigenvalue weighted by Gasteiger charge is 2.44. The molecule has 1 aromatic carbocycles. The predicted molar refractivity (Wildman–Crippen MR) is 67.0 cm³/mol. The number of aliphatic hydroxyl groups is 1. The molecule has 5 N–H and O–H groups in total. The van der Waals surface area contributed by atoms with Crippen molar-refractivity contribution in [3.05, 3.63) is 23.9 Å². The number of hydrogen-bond acceptors (Lipinski definition) is 4. The van der Waals surface area contributed by atoms with Gasteiger partial charge in [0, 0.05) is 11.1 Å². The van der Waals surface area contributed by atoms with Gasteiger partial charge in [-0.25, -0.2) is 0 Å². The Hall–Kier alpha value is -2.08. The van der Waals surface area contributed by atoms with Crippen LogP contribution in [-0.2, 0) is 0 Å². The Kier molecular flexibility index (Phi) is 2.27. The molecule has 3 rings (SSSR count). The maximum absolute atomic E-state index is 12.1. The molecule has 18 heavy (non-hydrogen) atoms. The number of rotatable bonds is 3. The van der Waals surface area contributed by atoms with Crippen molar-refractivity contribution in [1.82, 2.24) is 15.5 Å². The highest BCUT2D eigenvalue weighted by molar-refractivity contribution is 6.05. The van der Waals surface area contributed by atoms with Crippen molar-refractivity contribution in [2.24, 2.45) is 0 Å². The third-order valence-electron chi connectivity index (χ3n) is 3.34. The third-order valence-corrected chi connectivity index (χ3v) is 3.34. The molecule has 0 aliphatic heterocycles. The van der Waals surface area contributed by atoms with Crippen molar-refractivity contribution in [3.8, 4) is 0 Å². The van der Waals surface area contributed by atoms with Gasteiger partial charge < -0.3 is 16.2 Å². The van der Waals surface area contributed by atoms with E-state index in [-0.39, 0.29) is 12.5 Å². The molecular formula is C12H14N4O2. The monoisotopic (exact) mass is 246 g/mol. The number of aromatic amines is 1. The Morgan fingerprint density at radius 1 is 1.56 bits per heavy atom. The molecule has 2 aromatic rings. The van der Waals surface area contributed by atoms with Gasteiger partial charge in [0.05, 0.1) is 17.7 Å². The van der Waals surface area contributed by atoms with E-state index in [9.17, 15) is 9.90 Å². The Labute approximate surface area is 103 Å². The molecule has 1 saturated carbocycles. The van der Waals surface area contributed by atoms with E-state index in [1.165, 1.54) is 0 Å². The number of H-pyrrole nitrogens is 1. The number of carbonyl (C=O) groups excluding carboxylic acids is 1. The van der Waals surface area contributed by atoms with Gasteiger partial charge in [-0.05, 0) is 31.0 Å². The first-order valence-corrected chi connectivity index (χ1v) is 5.80. The Bertz CT molecular complexity index is 616. The minimum atomic E-state index is -0.442. The molecule has 0 bridgehead atoms. The molecule has 6 nitrogen and oxygen atoms in total. The maximum atomic E-state index is 12.1. The summed E-state index contributed by atoms with van der Waals surface area (Å²) in [7, 11) is 0. The van der Waals surface area contributed by atoms with Crippen LogP contribution >= 0.6 is 0 Å². The zero-order valence-electron chi connectivity index (χ0n) is 9.73. The zero-order valence-corrected chi connectivity index (χ0v) is 9.73. The fourth-order valence-electron chi connectivity index (χ4n) is 1.98. The minimum Gasteiger partial charge on any atom is -0.399 e. The maximum Gasteiger partial charge on any atom is 0.272 e. The van der Waals surface area contributed by atoms with E-state index in [2.05, 4.69) is 15.5 Å². The average Bonchev–Trinajstić information content (AvgIpc) is 3.00. The Morgan fingerprint density at radius 2 is 2.33 bits per heavy atom. The van der Waals surface area contributed by atoms with Gasteiger partial charge in [0.2, 0.25) is 0 Å². The van der Waals surface area contributed by atoms with Crippen molar-refractivity contribution in [3.63, 3.8) is 0 Å². The molecule has 6 heteroatoms. The van der Waals surface area contributed by atoms with Crippen LogP contribution in [0.25, 0.3) is 10.9 Å². The molecular weight excluding hydrogens is 232 g/mol. The number of amides is 1. The van der Waals surface area contributed by atoms with E-state index in [0.29, 0.717) is 16.8 Å². The van der Waals surface area contributed by atoms with Gasteiger partial charge in [0.15, 0.2) is 5.69 Å². The number of nitrogens with two attached hydrogens (primary N) is 1. The summed E-state index contributed by atoms with van der Waals surface area (Å²) in [4.78, 5) is 12.1. The number of hydrogen-bond donors (Lipinski definition) is 4. The molecule has 1 aromatic heterocycles. The fraction of sp³-hybridized carbons (Fsp3) is 0.333. The molecule has 0 unspecified atom stereocenters. The second-order valence-electron chi connectivity index (χ2n) is 4.77. The van der Waals surface area contributed by atoms with E-state index < -0.39 is 5.54 Å². The number of fused-ring (bicyclic) bond motifs is 1. The van der Waals surface area contributed by atoms with Crippen molar-refractivity contribution in [2.75, 3.05) is 12.3 Å². The van der Waals surface area contributed by atoms with Crippen LogP contribution < -0.4 is 11.1 Å². The second kappa shape index (κ2) is 3.71. The summed E-state index contributed by atoms with van der Waals surface area (Å²) in [6, 6.07) is 5.25. The summed E-state index contributed by atoms with van der Waals surface area (Å²) in [5.41, 5.74) is 6.93. The van der Waals surface area contributed by atoms with Crippen LogP contribution in [0.5, 0.6) is 0 Å². The molecule has 0 atom stereocenters. The molecule has 1 fully saturated rings. The lowest BCUT2D eigenvalue weighted by Gasteiger charge is -2.12. The first-order chi connectivity index (χ1) is 8.63. The van der Waals surface area contributed by atoms with Crippen LogP contribution in [0.15, 0.2) is 18.2 Å². The number of nitrogens with zero attached hydrogens (tertiary/aromatic N) is 1. The van der Waals surface area contributed by atoms with Crippen LogP contribution in [0.1, 0.15) is 23.3 Å². The molecule has 1 aliphatic rings. The summed E-state index contributed by atoms with van der Waals surface area (Å²) < 4.78 is 0. The lowest BCUT2D eigenvalue weighted by molar-refractivity contribution is 0.0903. The average molecular weight is 246 g/mol. The lowest BCUT2D eigenvalue weighted by Crippen LogP contribution is -2.39. The quantitative estimate of drug-likeness (QED) is 0.588. The number of aliphatic hydroxyl groups excluding tert-OH is 1. The van der Waals surface area contributed by atoms with E-state index in [1.807, 2.05) is 0 Å². The number of nitrogens with one attached hydrogen (secondary N) is 2. The standard InChI is InChI=1S/C12H14N4O2/c13-7-1-2-9-8(5-7)10(16-15-9)11(18)14-12(6-17)3-4-12/h1-2,5,17H,3-4,6,13H2,(H,14,18)(H,15,16). The van der Waals surface area contributed by atoms with Gasteiger partial charge >= 0.3 is 0 Å². The molecule has 0 saturated heterocycles. The largest absolute Gasteiger partial charge is 0.399 e. The van der Waals surface area contributed by atoms with Crippen LogP contribution in [0.3, 0.4) is 0 Å². The van der Waals surface area contributed by atoms with Crippen LogP contribution in [0, 0.1) is 0 Å². The first-order valence-electron chi connectivity index (χ1n) is 5.80. The number of nitrogen functional groups attached to an aromatic ring is 1. The second-order valence-corrected chi connectivity index (χ2v) is 4.77. The van der Waals surface area contributed by atoms with Gasteiger partial charge in [0.1, 0.15) is 0 Å². The summed E-state index contributed by atoms with van der Waals surface area (Å²) in [6.07, 6.45) is 1.61. The number of anilines is 1. The predicted octanol–water partition coefficient (Wildman–Crippen LogP) is 0.400. The van der Waals surface area contributed by atoms with Crippen LogP contribution in [-0.4, -0.2) is 33.4 Å². The third kappa shape index (κ3) is 1.70. The van der Waals surface area contributed by atoms with Crippen LogP contribution in [0.2, 0.25) is 0 Å². The SMILES string of the molecule is Nc1ccc2[nH]nc(C(=O)NC3(CO)CC3)c2c1. The molecule has 1 heterocycles. The summed E-state index contributed by atoms with van der Waals surface area (Å²) >= 11 is 0. The van der Waals surface area contributed by atoms with E-state index >= 15 is 0 Å². The normalized spacial score (nSPS) is 16.7.